The van der Waals surface area contributed by atoms with Crippen LogP contribution < -0.4 is 10.5 Å². The number of amides is 1. The summed E-state index contributed by atoms with van der Waals surface area (Å²) < 4.78 is 5.56. The first-order valence-electron chi connectivity index (χ1n) is 5.97. The lowest BCUT2D eigenvalue weighted by atomic mass is 9.94. The van der Waals surface area contributed by atoms with Crippen molar-refractivity contribution in [3.63, 3.8) is 0 Å². The molecular formula is C14H21NO2. The van der Waals surface area contributed by atoms with Crippen molar-refractivity contribution in [1.82, 2.24) is 0 Å². The maximum absolute atomic E-state index is 11.1. The molecule has 0 atom stereocenters. The van der Waals surface area contributed by atoms with Crippen molar-refractivity contribution in [3.8, 4) is 5.75 Å². The predicted octanol–water partition coefficient (Wildman–Crippen LogP) is 2.53. The van der Waals surface area contributed by atoms with Crippen LogP contribution in [0, 0.1) is 5.41 Å². The van der Waals surface area contributed by atoms with Gasteiger partial charge in [0, 0.05) is 0 Å². The molecule has 1 aromatic carbocycles. The topological polar surface area (TPSA) is 52.3 Å². The number of aryl methyl sites for hydroxylation is 1. The largest absolute Gasteiger partial charge is 0.492 e. The van der Waals surface area contributed by atoms with Gasteiger partial charge in [-0.1, -0.05) is 25.5 Å². The fourth-order valence-electron chi connectivity index (χ4n) is 1.38. The monoisotopic (exact) mass is 235 g/mol. The molecule has 0 saturated carbocycles. The summed E-state index contributed by atoms with van der Waals surface area (Å²) in [7, 11) is 0. The Hall–Kier alpha value is -1.51. The van der Waals surface area contributed by atoms with E-state index in [0.717, 1.165) is 18.6 Å². The van der Waals surface area contributed by atoms with Crippen LogP contribution in [0.25, 0.3) is 0 Å². The summed E-state index contributed by atoms with van der Waals surface area (Å²) in [5.41, 5.74) is 5.94. The van der Waals surface area contributed by atoms with E-state index in [9.17, 15) is 4.79 Å². The summed E-state index contributed by atoms with van der Waals surface area (Å²) in [5, 5.41) is 0. The van der Waals surface area contributed by atoms with Crippen molar-refractivity contribution in [2.45, 2.75) is 33.6 Å². The minimum absolute atomic E-state index is 0.301. The van der Waals surface area contributed by atoms with Crippen LogP contribution in [-0.2, 0) is 11.2 Å². The molecule has 0 aliphatic carbocycles. The Labute approximate surface area is 103 Å². The summed E-state index contributed by atoms with van der Waals surface area (Å²) in [6.45, 7) is 6.01. The van der Waals surface area contributed by atoms with E-state index >= 15 is 0 Å². The van der Waals surface area contributed by atoms with Gasteiger partial charge in [-0.3, -0.25) is 4.79 Å². The molecule has 3 nitrogen and oxygen atoms in total. The van der Waals surface area contributed by atoms with Gasteiger partial charge in [0.15, 0.2) is 0 Å². The van der Waals surface area contributed by atoms with E-state index in [0.29, 0.717) is 6.61 Å². The average molecular weight is 235 g/mol. The third-order valence-corrected chi connectivity index (χ3v) is 2.73. The van der Waals surface area contributed by atoms with Crippen molar-refractivity contribution in [2.24, 2.45) is 11.1 Å². The fourth-order valence-corrected chi connectivity index (χ4v) is 1.38. The number of carbonyl (C=O) groups is 1. The lowest BCUT2D eigenvalue weighted by Gasteiger charge is -2.20. The molecule has 0 aliphatic rings. The third-order valence-electron chi connectivity index (χ3n) is 2.73. The molecule has 0 saturated heterocycles. The molecule has 0 radical (unpaired) electrons. The molecule has 3 heteroatoms. The highest BCUT2D eigenvalue weighted by molar-refractivity contribution is 5.80. The number of nitrogens with two attached hydrogens (primary N) is 1. The molecule has 1 aromatic rings. The minimum Gasteiger partial charge on any atom is -0.492 e. The predicted molar refractivity (Wildman–Crippen MR) is 68.9 cm³/mol. The molecule has 0 heterocycles. The Kier molecular flexibility index (Phi) is 4.55. The van der Waals surface area contributed by atoms with Gasteiger partial charge in [-0.15, -0.1) is 0 Å². The van der Waals surface area contributed by atoms with Crippen molar-refractivity contribution in [1.29, 1.82) is 0 Å². The van der Waals surface area contributed by atoms with Crippen molar-refractivity contribution in [3.05, 3.63) is 29.8 Å². The second kappa shape index (κ2) is 5.71. The van der Waals surface area contributed by atoms with E-state index in [1.54, 1.807) is 13.8 Å². The van der Waals surface area contributed by atoms with Crippen molar-refractivity contribution >= 4 is 5.91 Å². The second-order valence-corrected chi connectivity index (χ2v) is 4.93. The standard InChI is InChI=1S/C14H21NO2/c1-4-5-11-6-8-12(9-7-11)17-10-14(2,3)13(15)16/h6-9H,4-5,10H2,1-3H3,(H2,15,16). The number of carbonyl (C=O) groups excluding carboxylic acids is 1. The van der Waals surface area contributed by atoms with Crippen LogP contribution in [0.15, 0.2) is 24.3 Å². The molecule has 0 aliphatic heterocycles. The number of primary amides is 1. The summed E-state index contributed by atoms with van der Waals surface area (Å²) in [4.78, 5) is 11.1. The number of ether oxygens (including phenoxy) is 1. The van der Waals surface area contributed by atoms with E-state index in [1.807, 2.05) is 12.1 Å². The highest BCUT2D eigenvalue weighted by Crippen LogP contribution is 2.19. The summed E-state index contributed by atoms with van der Waals surface area (Å²) >= 11 is 0. The van der Waals surface area contributed by atoms with E-state index in [-0.39, 0.29) is 5.91 Å². The van der Waals surface area contributed by atoms with Crippen LogP contribution in [-0.4, -0.2) is 12.5 Å². The molecule has 0 spiro atoms. The molecule has 94 valence electrons. The van der Waals surface area contributed by atoms with Crippen LogP contribution in [0.4, 0.5) is 0 Å². The van der Waals surface area contributed by atoms with E-state index in [2.05, 4.69) is 19.1 Å². The highest BCUT2D eigenvalue weighted by Gasteiger charge is 2.25. The van der Waals surface area contributed by atoms with Crippen molar-refractivity contribution < 1.29 is 9.53 Å². The lowest BCUT2D eigenvalue weighted by Crippen LogP contribution is -2.36. The minimum atomic E-state index is -0.637. The Morgan fingerprint density at radius 3 is 2.35 bits per heavy atom. The summed E-state index contributed by atoms with van der Waals surface area (Å²) in [6, 6.07) is 7.97. The Morgan fingerprint density at radius 1 is 1.29 bits per heavy atom. The quantitative estimate of drug-likeness (QED) is 0.823. The zero-order chi connectivity index (χ0) is 12.9. The third kappa shape index (κ3) is 4.10. The normalized spacial score (nSPS) is 11.2. The smallest absolute Gasteiger partial charge is 0.226 e. The molecule has 2 N–H and O–H groups in total. The number of benzene rings is 1. The Bertz CT molecular complexity index is 368. The maximum atomic E-state index is 11.1. The Balaban J connectivity index is 2.55. The lowest BCUT2D eigenvalue weighted by molar-refractivity contribution is -0.127. The first kappa shape index (κ1) is 13.6. The molecule has 1 amide bonds. The van der Waals surface area contributed by atoms with Gasteiger partial charge in [-0.2, -0.15) is 0 Å². The van der Waals surface area contributed by atoms with Crippen molar-refractivity contribution in [2.75, 3.05) is 6.61 Å². The SMILES string of the molecule is CCCc1ccc(OCC(C)(C)C(N)=O)cc1. The van der Waals surface area contributed by atoms with Gasteiger partial charge in [0.1, 0.15) is 12.4 Å². The van der Waals surface area contributed by atoms with Gasteiger partial charge >= 0.3 is 0 Å². The Morgan fingerprint density at radius 2 is 1.88 bits per heavy atom. The molecule has 0 unspecified atom stereocenters. The van der Waals surface area contributed by atoms with E-state index in [4.69, 9.17) is 10.5 Å². The molecule has 0 bridgehead atoms. The molecular weight excluding hydrogens is 214 g/mol. The molecule has 0 fully saturated rings. The zero-order valence-electron chi connectivity index (χ0n) is 10.8. The van der Waals surface area contributed by atoms with Crippen LogP contribution in [0.5, 0.6) is 5.75 Å². The molecule has 17 heavy (non-hydrogen) atoms. The highest BCUT2D eigenvalue weighted by atomic mass is 16.5. The first-order valence-corrected chi connectivity index (χ1v) is 5.97. The summed E-state index contributed by atoms with van der Waals surface area (Å²) in [6.07, 6.45) is 2.21. The fraction of sp³-hybridized carbons (Fsp3) is 0.500. The second-order valence-electron chi connectivity index (χ2n) is 4.93. The maximum Gasteiger partial charge on any atom is 0.226 e. The van der Waals surface area contributed by atoms with Gasteiger partial charge in [-0.05, 0) is 38.0 Å². The van der Waals surface area contributed by atoms with Crippen LogP contribution in [0.3, 0.4) is 0 Å². The average Bonchev–Trinajstić information content (AvgIpc) is 2.28. The van der Waals surface area contributed by atoms with Gasteiger partial charge in [-0.25, -0.2) is 0 Å². The molecule has 1 rings (SSSR count). The van der Waals surface area contributed by atoms with Crippen LogP contribution in [0.2, 0.25) is 0 Å². The van der Waals surface area contributed by atoms with Gasteiger partial charge < -0.3 is 10.5 Å². The van der Waals surface area contributed by atoms with E-state index < -0.39 is 5.41 Å². The van der Waals surface area contributed by atoms with Crippen LogP contribution in [0.1, 0.15) is 32.8 Å². The number of hydrogen-bond donors (Lipinski definition) is 1. The van der Waals surface area contributed by atoms with Crippen LogP contribution >= 0.6 is 0 Å². The van der Waals surface area contributed by atoms with Gasteiger partial charge in [0.25, 0.3) is 0 Å². The number of rotatable bonds is 6. The van der Waals surface area contributed by atoms with Gasteiger partial charge in [0.2, 0.25) is 5.91 Å². The summed E-state index contributed by atoms with van der Waals surface area (Å²) in [5.74, 6) is 0.430. The molecule has 0 aromatic heterocycles. The number of hydrogen-bond acceptors (Lipinski definition) is 2. The first-order chi connectivity index (χ1) is 7.95. The zero-order valence-corrected chi connectivity index (χ0v) is 10.8. The van der Waals surface area contributed by atoms with Gasteiger partial charge in [0.05, 0.1) is 5.41 Å². The van der Waals surface area contributed by atoms with E-state index in [1.165, 1.54) is 5.56 Å².